The summed E-state index contributed by atoms with van der Waals surface area (Å²) in [6, 6.07) is 6.35. The highest BCUT2D eigenvalue weighted by molar-refractivity contribution is 9.10. The lowest BCUT2D eigenvalue weighted by molar-refractivity contribution is 1.19. The highest BCUT2D eigenvalue weighted by atomic mass is 79.9. The Hall–Kier alpha value is -0.870. The first kappa shape index (κ1) is 10.6. The molecule has 0 atom stereocenters. The number of benzene rings is 1. The Labute approximate surface area is 101 Å². The molecule has 0 radical (unpaired) electrons. The molecule has 0 aliphatic carbocycles. The van der Waals surface area contributed by atoms with Crippen molar-refractivity contribution >= 4 is 32.4 Å². The lowest BCUT2D eigenvalue weighted by Gasteiger charge is -2.03. The van der Waals surface area contributed by atoms with Gasteiger partial charge >= 0.3 is 0 Å². The zero-order valence-electron chi connectivity index (χ0n) is 8.33. The van der Waals surface area contributed by atoms with Gasteiger partial charge in [-0.3, -0.25) is 0 Å². The van der Waals surface area contributed by atoms with Crippen LogP contribution in [0.2, 0.25) is 0 Å². The topological polar surface area (TPSA) is 38.9 Å². The van der Waals surface area contributed by atoms with E-state index in [4.69, 9.17) is 5.73 Å². The average Bonchev–Trinajstić information content (AvgIpc) is 2.58. The van der Waals surface area contributed by atoms with Gasteiger partial charge in [0.1, 0.15) is 0 Å². The van der Waals surface area contributed by atoms with E-state index in [-0.39, 0.29) is 0 Å². The minimum Gasteiger partial charge on any atom is -0.375 e. The van der Waals surface area contributed by atoms with Crippen molar-refractivity contribution in [3.63, 3.8) is 0 Å². The molecule has 0 saturated heterocycles. The molecule has 1 aromatic carbocycles. The van der Waals surface area contributed by atoms with Crippen LogP contribution in [0.1, 0.15) is 16.0 Å². The zero-order chi connectivity index (χ0) is 10.8. The molecule has 1 heterocycles. The van der Waals surface area contributed by atoms with Gasteiger partial charge in [-0.25, -0.2) is 4.98 Å². The van der Waals surface area contributed by atoms with Crippen molar-refractivity contribution in [2.24, 2.45) is 0 Å². The summed E-state index contributed by atoms with van der Waals surface area (Å²) in [6.07, 6.45) is 2.73. The van der Waals surface area contributed by atoms with E-state index < -0.39 is 0 Å². The first-order valence-electron chi connectivity index (χ1n) is 4.60. The Morgan fingerprint density at radius 1 is 1.47 bits per heavy atom. The van der Waals surface area contributed by atoms with E-state index in [0.29, 0.717) is 5.13 Å². The third-order valence-electron chi connectivity index (χ3n) is 2.14. The summed E-state index contributed by atoms with van der Waals surface area (Å²) in [5, 5.41) is 0.633. The van der Waals surface area contributed by atoms with Crippen LogP contribution in [0.15, 0.2) is 28.9 Å². The number of nitrogen functional groups attached to an aromatic ring is 1. The number of aromatic nitrogens is 1. The van der Waals surface area contributed by atoms with Gasteiger partial charge in [-0.2, -0.15) is 0 Å². The first-order chi connectivity index (χ1) is 7.15. The van der Waals surface area contributed by atoms with Crippen molar-refractivity contribution in [1.82, 2.24) is 4.98 Å². The van der Waals surface area contributed by atoms with Crippen LogP contribution in [0.3, 0.4) is 0 Å². The van der Waals surface area contributed by atoms with Crippen LogP contribution in [0, 0.1) is 6.92 Å². The van der Waals surface area contributed by atoms with Gasteiger partial charge in [0.25, 0.3) is 0 Å². The maximum atomic E-state index is 5.60. The van der Waals surface area contributed by atoms with Crippen molar-refractivity contribution in [2.45, 2.75) is 13.3 Å². The number of anilines is 1. The Bertz CT molecular complexity index is 479. The standard InChI is InChI=1S/C11H11BrN2S/c1-7-2-3-10(12)8(4-7)5-9-6-14-11(13)15-9/h2-4,6H,5H2,1H3,(H2,13,14). The van der Waals surface area contributed by atoms with Gasteiger partial charge in [0.05, 0.1) is 0 Å². The summed E-state index contributed by atoms with van der Waals surface area (Å²) in [7, 11) is 0. The number of aryl methyl sites for hydroxylation is 1. The van der Waals surface area contributed by atoms with Crippen LogP contribution in [-0.4, -0.2) is 4.98 Å². The van der Waals surface area contributed by atoms with E-state index in [1.54, 1.807) is 11.3 Å². The monoisotopic (exact) mass is 282 g/mol. The summed E-state index contributed by atoms with van der Waals surface area (Å²) in [6.45, 7) is 2.09. The number of halogens is 1. The highest BCUT2D eigenvalue weighted by Crippen LogP contribution is 2.24. The van der Waals surface area contributed by atoms with E-state index >= 15 is 0 Å². The summed E-state index contributed by atoms with van der Waals surface area (Å²) < 4.78 is 1.14. The molecular formula is C11H11BrN2S. The molecule has 0 amide bonds. The molecule has 0 aliphatic heterocycles. The van der Waals surface area contributed by atoms with E-state index in [0.717, 1.165) is 10.9 Å². The van der Waals surface area contributed by atoms with Crippen molar-refractivity contribution in [2.75, 3.05) is 5.73 Å². The lowest BCUT2D eigenvalue weighted by atomic mass is 10.1. The smallest absolute Gasteiger partial charge is 0.180 e. The number of nitrogens with two attached hydrogens (primary N) is 1. The van der Waals surface area contributed by atoms with Gasteiger partial charge in [0.2, 0.25) is 0 Å². The predicted octanol–water partition coefficient (Wildman–Crippen LogP) is 3.39. The molecule has 2 rings (SSSR count). The van der Waals surface area contributed by atoms with Gasteiger partial charge in [0.15, 0.2) is 5.13 Å². The number of hydrogen-bond acceptors (Lipinski definition) is 3. The summed E-state index contributed by atoms with van der Waals surface area (Å²) in [5.74, 6) is 0. The second-order valence-electron chi connectivity index (χ2n) is 3.44. The molecule has 2 aromatic rings. The third-order valence-corrected chi connectivity index (χ3v) is 3.74. The second kappa shape index (κ2) is 4.33. The molecule has 15 heavy (non-hydrogen) atoms. The van der Waals surface area contributed by atoms with Crippen LogP contribution >= 0.6 is 27.3 Å². The van der Waals surface area contributed by atoms with Crippen molar-refractivity contribution < 1.29 is 0 Å². The molecule has 0 bridgehead atoms. The van der Waals surface area contributed by atoms with Gasteiger partial charge in [0, 0.05) is 22.0 Å². The predicted molar refractivity (Wildman–Crippen MR) is 68.2 cm³/mol. The Kier molecular flexibility index (Phi) is 3.07. The van der Waals surface area contributed by atoms with Gasteiger partial charge in [-0.05, 0) is 18.6 Å². The number of rotatable bonds is 2. The zero-order valence-corrected chi connectivity index (χ0v) is 10.7. The average molecular weight is 283 g/mol. The SMILES string of the molecule is Cc1ccc(Br)c(Cc2cnc(N)s2)c1. The molecule has 1 aromatic heterocycles. The first-order valence-corrected chi connectivity index (χ1v) is 6.21. The quantitative estimate of drug-likeness (QED) is 0.917. The largest absolute Gasteiger partial charge is 0.375 e. The van der Waals surface area contributed by atoms with Gasteiger partial charge in [-0.1, -0.05) is 33.6 Å². The Morgan fingerprint density at radius 3 is 2.93 bits per heavy atom. The summed E-state index contributed by atoms with van der Waals surface area (Å²) >= 11 is 5.09. The molecule has 2 nitrogen and oxygen atoms in total. The van der Waals surface area contributed by atoms with Crippen molar-refractivity contribution in [3.05, 3.63) is 44.9 Å². The number of nitrogens with zero attached hydrogens (tertiary/aromatic N) is 1. The van der Waals surface area contributed by atoms with Gasteiger partial charge < -0.3 is 5.73 Å². The normalized spacial score (nSPS) is 10.5. The van der Waals surface area contributed by atoms with E-state index in [1.807, 2.05) is 6.20 Å². The highest BCUT2D eigenvalue weighted by Gasteiger charge is 2.04. The fourth-order valence-corrected chi connectivity index (χ4v) is 2.52. The second-order valence-corrected chi connectivity index (χ2v) is 5.44. The van der Waals surface area contributed by atoms with Gasteiger partial charge in [-0.15, -0.1) is 11.3 Å². The Balaban J connectivity index is 2.27. The fraction of sp³-hybridized carbons (Fsp3) is 0.182. The lowest BCUT2D eigenvalue weighted by Crippen LogP contribution is -1.87. The maximum Gasteiger partial charge on any atom is 0.180 e. The van der Waals surface area contributed by atoms with Crippen LogP contribution in [0.4, 0.5) is 5.13 Å². The molecule has 0 spiro atoms. The molecule has 78 valence electrons. The van der Waals surface area contributed by atoms with Crippen LogP contribution in [0.5, 0.6) is 0 Å². The minimum absolute atomic E-state index is 0.633. The van der Waals surface area contributed by atoms with Crippen molar-refractivity contribution in [1.29, 1.82) is 0 Å². The van der Waals surface area contributed by atoms with Crippen LogP contribution in [0.25, 0.3) is 0 Å². The third kappa shape index (κ3) is 2.58. The molecule has 0 saturated carbocycles. The number of hydrogen-bond donors (Lipinski definition) is 1. The molecular weight excluding hydrogens is 272 g/mol. The molecule has 4 heteroatoms. The minimum atomic E-state index is 0.633. The van der Waals surface area contributed by atoms with Crippen LogP contribution < -0.4 is 5.73 Å². The van der Waals surface area contributed by atoms with E-state index in [9.17, 15) is 0 Å². The Morgan fingerprint density at radius 2 is 2.27 bits per heavy atom. The molecule has 0 fully saturated rings. The van der Waals surface area contributed by atoms with E-state index in [2.05, 4.69) is 46.0 Å². The molecule has 0 unspecified atom stereocenters. The summed E-state index contributed by atoms with van der Waals surface area (Å²) in [5.41, 5.74) is 8.14. The molecule has 0 aliphatic rings. The number of thiazole rings is 1. The van der Waals surface area contributed by atoms with E-state index in [1.165, 1.54) is 16.0 Å². The maximum absolute atomic E-state index is 5.60. The molecule has 2 N–H and O–H groups in total. The van der Waals surface area contributed by atoms with Crippen LogP contribution in [-0.2, 0) is 6.42 Å². The van der Waals surface area contributed by atoms with Crippen molar-refractivity contribution in [3.8, 4) is 0 Å². The fourth-order valence-electron chi connectivity index (χ4n) is 1.43. The summed E-state index contributed by atoms with van der Waals surface area (Å²) in [4.78, 5) is 5.24.